The number of hydrogen-bond donors (Lipinski definition) is 1. The number of hydrogen-bond acceptors (Lipinski definition) is 4. The maximum atomic E-state index is 11.7. The van der Waals surface area contributed by atoms with Crippen molar-refractivity contribution in [3.05, 3.63) is 58.3 Å². The first kappa shape index (κ1) is 12.8. The van der Waals surface area contributed by atoms with E-state index in [4.69, 9.17) is 10.5 Å². The Labute approximate surface area is 110 Å². The van der Waals surface area contributed by atoms with Gasteiger partial charge in [0.15, 0.2) is 0 Å². The summed E-state index contributed by atoms with van der Waals surface area (Å²) in [7, 11) is 0. The molecule has 0 aliphatic carbocycles. The van der Waals surface area contributed by atoms with Gasteiger partial charge in [0.1, 0.15) is 6.04 Å². The molecule has 2 N–H and O–H groups in total. The largest absolute Gasteiger partial charge is 0.464 e. The van der Waals surface area contributed by atoms with E-state index < -0.39 is 6.04 Å². The van der Waals surface area contributed by atoms with Gasteiger partial charge in [0.05, 0.1) is 6.61 Å². The fraction of sp³-hybridized carbons (Fsp3) is 0.214. The van der Waals surface area contributed by atoms with Crippen LogP contribution in [0.1, 0.15) is 16.5 Å². The molecule has 0 saturated heterocycles. The van der Waals surface area contributed by atoms with Crippen LogP contribution in [0.2, 0.25) is 0 Å². The summed E-state index contributed by atoms with van der Waals surface area (Å²) in [6, 6.07) is 12.6. The second-order valence-electron chi connectivity index (χ2n) is 3.89. The zero-order valence-electron chi connectivity index (χ0n) is 9.91. The van der Waals surface area contributed by atoms with E-state index in [0.29, 0.717) is 6.61 Å². The van der Waals surface area contributed by atoms with Gasteiger partial charge in [0, 0.05) is 11.3 Å². The van der Waals surface area contributed by atoms with Crippen molar-refractivity contribution in [3.8, 4) is 0 Å². The third-order valence-corrected chi connectivity index (χ3v) is 3.52. The van der Waals surface area contributed by atoms with Gasteiger partial charge in [-0.2, -0.15) is 0 Å². The van der Waals surface area contributed by atoms with E-state index in [1.165, 1.54) is 4.88 Å². The summed E-state index contributed by atoms with van der Waals surface area (Å²) < 4.78 is 5.17. The molecule has 18 heavy (non-hydrogen) atoms. The van der Waals surface area contributed by atoms with E-state index >= 15 is 0 Å². The monoisotopic (exact) mass is 261 g/mol. The van der Waals surface area contributed by atoms with Crippen LogP contribution in [0.25, 0.3) is 0 Å². The highest BCUT2D eigenvalue weighted by molar-refractivity contribution is 7.09. The van der Waals surface area contributed by atoms with Gasteiger partial charge in [-0.3, -0.25) is 0 Å². The Balaban J connectivity index is 1.81. The number of thiophene rings is 1. The average Bonchev–Trinajstić information content (AvgIpc) is 2.92. The van der Waals surface area contributed by atoms with Crippen LogP contribution in [0.4, 0.5) is 0 Å². The van der Waals surface area contributed by atoms with E-state index in [1.807, 2.05) is 47.8 Å². The number of carbonyl (C=O) groups is 1. The van der Waals surface area contributed by atoms with Crippen molar-refractivity contribution in [1.82, 2.24) is 0 Å². The number of esters is 1. The Morgan fingerprint density at radius 2 is 2.00 bits per heavy atom. The van der Waals surface area contributed by atoms with Gasteiger partial charge in [-0.05, 0) is 17.0 Å². The van der Waals surface area contributed by atoms with Crippen molar-refractivity contribution >= 4 is 17.3 Å². The normalized spacial score (nSPS) is 12.1. The van der Waals surface area contributed by atoms with Gasteiger partial charge in [0.2, 0.25) is 0 Å². The van der Waals surface area contributed by atoms with Crippen molar-refractivity contribution in [3.63, 3.8) is 0 Å². The van der Waals surface area contributed by atoms with E-state index in [1.54, 1.807) is 11.3 Å². The third kappa shape index (κ3) is 3.42. The molecular formula is C14H15NO2S. The fourth-order valence-electron chi connectivity index (χ4n) is 1.59. The minimum absolute atomic E-state index is 0.375. The molecule has 1 aromatic heterocycles. The molecule has 2 aromatic rings. The summed E-state index contributed by atoms with van der Waals surface area (Å²) in [5.74, 6) is -0.377. The van der Waals surface area contributed by atoms with Crippen molar-refractivity contribution in [1.29, 1.82) is 0 Å². The van der Waals surface area contributed by atoms with Crippen LogP contribution in [0.5, 0.6) is 0 Å². The molecule has 1 heterocycles. The maximum absolute atomic E-state index is 11.7. The molecule has 0 fully saturated rings. The number of ether oxygens (including phenoxy) is 1. The molecule has 1 aromatic carbocycles. The Morgan fingerprint density at radius 3 is 2.67 bits per heavy atom. The van der Waals surface area contributed by atoms with Crippen molar-refractivity contribution in [2.24, 2.45) is 5.73 Å². The predicted octanol–water partition coefficient (Wildman–Crippen LogP) is 2.53. The van der Waals surface area contributed by atoms with Gasteiger partial charge >= 0.3 is 5.97 Å². The molecule has 0 amide bonds. The second kappa shape index (κ2) is 6.33. The van der Waals surface area contributed by atoms with Crippen LogP contribution in [0, 0.1) is 0 Å². The van der Waals surface area contributed by atoms with Gasteiger partial charge < -0.3 is 10.5 Å². The van der Waals surface area contributed by atoms with Crippen LogP contribution in [0.15, 0.2) is 47.8 Å². The molecule has 1 atom stereocenters. The van der Waals surface area contributed by atoms with Crippen LogP contribution in [0.3, 0.4) is 0 Å². The van der Waals surface area contributed by atoms with Crippen LogP contribution in [-0.4, -0.2) is 12.6 Å². The van der Waals surface area contributed by atoms with Gasteiger partial charge in [-0.25, -0.2) is 4.79 Å². The zero-order valence-corrected chi connectivity index (χ0v) is 10.7. The topological polar surface area (TPSA) is 52.3 Å². The third-order valence-electron chi connectivity index (χ3n) is 2.59. The summed E-state index contributed by atoms with van der Waals surface area (Å²) in [4.78, 5) is 12.9. The molecule has 0 bridgehead atoms. The average molecular weight is 261 g/mol. The van der Waals surface area contributed by atoms with Crippen molar-refractivity contribution < 1.29 is 9.53 Å². The molecule has 2 rings (SSSR count). The lowest BCUT2D eigenvalue weighted by atomic mass is 10.1. The first-order valence-corrected chi connectivity index (χ1v) is 6.65. The highest BCUT2D eigenvalue weighted by Crippen LogP contribution is 2.12. The number of rotatable bonds is 5. The molecular weight excluding hydrogens is 246 g/mol. The minimum Gasteiger partial charge on any atom is -0.464 e. The summed E-state index contributed by atoms with van der Waals surface area (Å²) in [6.45, 7) is 0.375. The SMILES string of the molecule is N[C@@H](C(=O)OCCc1cccs1)c1ccccc1. The van der Waals surface area contributed by atoms with E-state index in [-0.39, 0.29) is 5.97 Å². The predicted molar refractivity (Wildman–Crippen MR) is 72.4 cm³/mol. The van der Waals surface area contributed by atoms with Gasteiger partial charge in [0.25, 0.3) is 0 Å². The Kier molecular flexibility index (Phi) is 4.50. The van der Waals surface area contributed by atoms with Gasteiger partial charge in [-0.15, -0.1) is 11.3 Å². The summed E-state index contributed by atoms with van der Waals surface area (Å²) in [5.41, 5.74) is 6.60. The summed E-state index contributed by atoms with van der Waals surface area (Å²) in [5, 5.41) is 2.01. The fourth-order valence-corrected chi connectivity index (χ4v) is 2.28. The number of carbonyl (C=O) groups excluding carboxylic acids is 1. The first-order chi connectivity index (χ1) is 8.77. The van der Waals surface area contributed by atoms with E-state index in [2.05, 4.69) is 0 Å². The highest BCUT2D eigenvalue weighted by Gasteiger charge is 2.16. The molecule has 0 spiro atoms. The van der Waals surface area contributed by atoms with Crippen LogP contribution < -0.4 is 5.73 Å². The zero-order chi connectivity index (χ0) is 12.8. The first-order valence-electron chi connectivity index (χ1n) is 5.77. The Hall–Kier alpha value is -1.65. The minimum atomic E-state index is -0.700. The molecule has 0 radical (unpaired) electrons. The van der Waals surface area contributed by atoms with Crippen molar-refractivity contribution in [2.45, 2.75) is 12.5 Å². The molecule has 4 heteroatoms. The summed E-state index contributed by atoms with van der Waals surface area (Å²) in [6.07, 6.45) is 0.741. The Bertz CT molecular complexity index is 482. The van der Waals surface area contributed by atoms with Crippen LogP contribution in [-0.2, 0) is 16.0 Å². The summed E-state index contributed by atoms with van der Waals surface area (Å²) >= 11 is 1.66. The quantitative estimate of drug-likeness (QED) is 0.841. The molecule has 0 aliphatic heterocycles. The van der Waals surface area contributed by atoms with E-state index in [0.717, 1.165) is 12.0 Å². The molecule has 94 valence electrons. The molecule has 0 unspecified atom stereocenters. The lowest BCUT2D eigenvalue weighted by Gasteiger charge is -2.11. The molecule has 0 aliphatic rings. The standard InChI is InChI=1S/C14H15NO2S/c15-13(11-5-2-1-3-6-11)14(16)17-9-8-12-7-4-10-18-12/h1-7,10,13H,8-9,15H2/t13-/m1/s1. The highest BCUT2D eigenvalue weighted by atomic mass is 32.1. The lowest BCUT2D eigenvalue weighted by Crippen LogP contribution is -2.24. The number of benzene rings is 1. The van der Waals surface area contributed by atoms with Crippen molar-refractivity contribution in [2.75, 3.05) is 6.61 Å². The second-order valence-corrected chi connectivity index (χ2v) is 4.92. The molecule has 0 saturated carbocycles. The lowest BCUT2D eigenvalue weighted by molar-refractivity contribution is -0.145. The van der Waals surface area contributed by atoms with Gasteiger partial charge in [-0.1, -0.05) is 36.4 Å². The Morgan fingerprint density at radius 1 is 1.22 bits per heavy atom. The number of nitrogens with two attached hydrogens (primary N) is 1. The maximum Gasteiger partial charge on any atom is 0.327 e. The van der Waals surface area contributed by atoms with E-state index in [9.17, 15) is 4.79 Å². The van der Waals surface area contributed by atoms with Crippen LogP contribution >= 0.6 is 11.3 Å². The smallest absolute Gasteiger partial charge is 0.327 e. The molecule has 3 nitrogen and oxygen atoms in total.